The summed E-state index contributed by atoms with van der Waals surface area (Å²) in [5.41, 5.74) is 1.71. The van der Waals surface area contributed by atoms with Gasteiger partial charge >= 0.3 is 0 Å². The monoisotopic (exact) mass is 415 g/mol. The molecule has 156 valence electrons. The molecule has 1 atom stereocenters. The number of carbonyl (C=O) groups is 2. The summed E-state index contributed by atoms with van der Waals surface area (Å²) in [6.45, 7) is 0. The van der Waals surface area contributed by atoms with Crippen LogP contribution in [0.1, 0.15) is 17.2 Å². The lowest BCUT2D eigenvalue weighted by Gasteiger charge is -2.25. The highest BCUT2D eigenvalue weighted by Gasteiger charge is 2.46. The topological polar surface area (TPSA) is 76.1 Å². The molecule has 4 rings (SSSR count). The van der Waals surface area contributed by atoms with Gasteiger partial charge in [0, 0.05) is 11.3 Å². The van der Waals surface area contributed by atoms with E-state index in [0.29, 0.717) is 28.3 Å². The van der Waals surface area contributed by atoms with E-state index in [-0.39, 0.29) is 11.3 Å². The summed E-state index contributed by atoms with van der Waals surface area (Å²) in [6.07, 6.45) is 0. The van der Waals surface area contributed by atoms with Gasteiger partial charge < -0.3 is 14.6 Å². The number of hydrogen-bond acceptors (Lipinski definition) is 5. The van der Waals surface area contributed by atoms with Gasteiger partial charge in [0.25, 0.3) is 11.7 Å². The van der Waals surface area contributed by atoms with Gasteiger partial charge in [-0.05, 0) is 54.1 Å². The Morgan fingerprint density at radius 1 is 0.806 bits per heavy atom. The smallest absolute Gasteiger partial charge is 0.300 e. The fourth-order valence-electron chi connectivity index (χ4n) is 3.70. The highest BCUT2D eigenvalue weighted by Crippen LogP contribution is 2.42. The van der Waals surface area contributed by atoms with Crippen LogP contribution in [0.5, 0.6) is 11.5 Å². The van der Waals surface area contributed by atoms with Crippen LogP contribution in [-0.2, 0) is 9.59 Å². The first kappa shape index (κ1) is 20.2. The molecule has 0 aliphatic carbocycles. The van der Waals surface area contributed by atoms with Crippen molar-refractivity contribution in [3.8, 4) is 11.5 Å². The highest BCUT2D eigenvalue weighted by atomic mass is 16.5. The highest BCUT2D eigenvalue weighted by molar-refractivity contribution is 6.51. The minimum absolute atomic E-state index is 0.0391. The number of anilines is 1. The van der Waals surface area contributed by atoms with E-state index in [4.69, 9.17) is 9.47 Å². The Morgan fingerprint density at radius 2 is 1.35 bits per heavy atom. The average Bonchev–Trinajstić information content (AvgIpc) is 3.09. The number of aliphatic hydroxyl groups excluding tert-OH is 1. The van der Waals surface area contributed by atoms with Gasteiger partial charge in [-0.15, -0.1) is 0 Å². The Hall–Kier alpha value is -4.06. The second-order valence-electron chi connectivity index (χ2n) is 7.01. The zero-order chi connectivity index (χ0) is 22.0. The summed E-state index contributed by atoms with van der Waals surface area (Å²) < 4.78 is 10.4. The maximum Gasteiger partial charge on any atom is 0.300 e. The Kier molecular flexibility index (Phi) is 5.45. The molecule has 1 aliphatic heterocycles. The van der Waals surface area contributed by atoms with Crippen molar-refractivity contribution >= 4 is 23.1 Å². The summed E-state index contributed by atoms with van der Waals surface area (Å²) in [6, 6.07) is 22.0. The molecule has 0 spiro atoms. The minimum atomic E-state index is -0.767. The molecule has 0 radical (unpaired) electrons. The number of benzene rings is 3. The molecule has 1 N–H and O–H groups in total. The van der Waals surface area contributed by atoms with Gasteiger partial charge in [-0.2, -0.15) is 0 Å². The van der Waals surface area contributed by atoms with E-state index in [1.807, 2.05) is 30.3 Å². The van der Waals surface area contributed by atoms with Crippen LogP contribution in [-0.4, -0.2) is 31.0 Å². The molecular weight excluding hydrogens is 394 g/mol. The van der Waals surface area contributed by atoms with Crippen molar-refractivity contribution in [1.82, 2.24) is 0 Å². The van der Waals surface area contributed by atoms with E-state index in [1.165, 1.54) is 4.90 Å². The molecule has 1 aliphatic rings. The Balaban J connectivity index is 1.88. The first-order chi connectivity index (χ1) is 15.0. The van der Waals surface area contributed by atoms with Crippen molar-refractivity contribution in [1.29, 1.82) is 0 Å². The second kappa shape index (κ2) is 8.36. The second-order valence-corrected chi connectivity index (χ2v) is 7.01. The van der Waals surface area contributed by atoms with Crippen molar-refractivity contribution in [2.24, 2.45) is 0 Å². The van der Waals surface area contributed by atoms with Crippen molar-refractivity contribution in [3.05, 3.63) is 95.6 Å². The molecule has 6 nitrogen and oxygen atoms in total. The van der Waals surface area contributed by atoms with E-state index in [9.17, 15) is 14.7 Å². The summed E-state index contributed by atoms with van der Waals surface area (Å²) in [5.74, 6) is -0.414. The first-order valence-corrected chi connectivity index (χ1v) is 9.69. The molecule has 3 aromatic carbocycles. The van der Waals surface area contributed by atoms with Crippen LogP contribution in [0, 0.1) is 0 Å². The fourth-order valence-corrected chi connectivity index (χ4v) is 3.70. The van der Waals surface area contributed by atoms with E-state index >= 15 is 0 Å². The molecule has 6 heteroatoms. The first-order valence-electron chi connectivity index (χ1n) is 9.69. The van der Waals surface area contributed by atoms with Crippen molar-refractivity contribution < 1.29 is 24.2 Å². The molecule has 31 heavy (non-hydrogen) atoms. The predicted octanol–water partition coefficient (Wildman–Crippen LogP) is 4.33. The SMILES string of the molecule is COc1ccc(/C(O)=C2\C(=O)C(=O)N(c3ccc(OC)cc3)C2c2ccccc2)cc1. The average molecular weight is 415 g/mol. The largest absolute Gasteiger partial charge is 0.507 e. The van der Waals surface area contributed by atoms with Crippen LogP contribution in [0.2, 0.25) is 0 Å². The lowest BCUT2D eigenvalue weighted by molar-refractivity contribution is -0.132. The Morgan fingerprint density at radius 3 is 1.90 bits per heavy atom. The fraction of sp³-hybridized carbons (Fsp3) is 0.120. The lowest BCUT2D eigenvalue weighted by atomic mass is 9.95. The third-order valence-corrected chi connectivity index (χ3v) is 5.27. The van der Waals surface area contributed by atoms with Gasteiger partial charge in [0.15, 0.2) is 0 Å². The number of ether oxygens (including phenoxy) is 2. The van der Waals surface area contributed by atoms with Crippen LogP contribution in [0.3, 0.4) is 0 Å². The van der Waals surface area contributed by atoms with Gasteiger partial charge in [-0.25, -0.2) is 0 Å². The molecule has 0 aromatic heterocycles. The Labute approximate surface area is 180 Å². The number of Topliss-reactive ketones (excluding diaryl/α,β-unsaturated/α-hetero) is 1. The third-order valence-electron chi connectivity index (χ3n) is 5.27. The number of methoxy groups -OCH3 is 2. The molecule has 0 bridgehead atoms. The van der Waals surface area contributed by atoms with Gasteiger partial charge in [-0.1, -0.05) is 30.3 Å². The quantitative estimate of drug-likeness (QED) is 0.381. The van der Waals surface area contributed by atoms with Gasteiger partial charge in [-0.3, -0.25) is 14.5 Å². The van der Waals surface area contributed by atoms with Crippen LogP contribution in [0.15, 0.2) is 84.4 Å². The number of ketones is 1. The predicted molar refractivity (Wildman–Crippen MR) is 117 cm³/mol. The van der Waals surface area contributed by atoms with E-state index in [0.717, 1.165) is 0 Å². The van der Waals surface area contributed by atoms with E-state index in [1.54, 1.807) is 62.8 Å². The number of nitrogens with zero attached hydrogens (tertiary/aromatic N) is 1. The number of rotatable bonds is 5. The molecular formula is C25H21NO5. The zero-order valence-corrected chi connectivity index (χ0v) is 17.1. The lowest BCUT2D eigenvalue weighted by Crippen LogP contribution is -2.29. The minimum Gasteiger partial charge on any atom is -0.507 e. The van der Waals surface area contributed by atoms with Crippen LogP contribution < -0.4 is 14.4 Å². The van der Waals surface area contributed by atoms with E-state index in [2.05, 4.69) is 0 Å². The number of hydrogen-bond donors (Lipinski definition) is 1. The van der Waals surface area contributed by atoms with Crippen LogP contribution in [0.4, 0.5) is 5.69 Å². The molecule has 1 heterocycles. The van der Waals surface area contributed by atoms with E-state index < -0.39 is 17.7 Å². The summed E-state index contributed by atoms with van der Waals surface area (Å²) in [4.78, 5) is 27.6. The molecule has 0 saturated carbocycles. The van der Waals surface area contributed by atoms with Gasteiger partial charge in [0.1, 0.15) is 17.3 Å². The third kappa shape index (κ3) is 3.64. The molecule has 1 saturated heterocycles. The maximum atomic E-state index is 13.1. The van der Waals surface area contributed by atoms with Crippen molar-refractivity contribution in [3.63, 3.8) is 0 Å². The zero-order valence-electron chi connectivity index (χ0n) is 17.1. The molecule has 3 aromatic rings. The normalized spacial score (nSPS) is 17.6. The van der Waals surface area contributed by atoms with Crippen LogP contribution >= 0.6 is 0 Å². The summed E-state index contributed by atoms with van der Waals surface area (Å²) in [7, 11) is 3.10. The Bertz CT molecular complexity index is 1130. The van der Waals surface area contributed by atoms with Gasteiger partial charge in [0.2, 0.25) is 0 Å². The van der Waals surface area contributed by atoms with Gasteiger partial charge in [0.05, 0.1) is 25.8 Å². The van der Waals surface area contributed by atoms with Crippen molar-refractivity contribution in [2.75, 3.05) is 19.1 Å². The number of carbonyl (C=O) groups excluding carboxylic acids is 2. The molecule has 1 fully saturated rings. The standard InChI is InChI=1S/C25H21NO5/c1-30-19-12-8-17(9-13-19)23(27)21-22(16-6-4-3-5-7-16)26(25(29)24(21)28)18-10-14-20(31-2)15-11-18/h3-15,22,27H,1-2H3/b23-21+. The van der Waals surface area contributed by atoms with Crippen molar-refractivity contribution in [2.45, 2.75) is 6.04 Å². The molecule has 1 amide bonds. The van der Waals surface area contributed by atoms with Crippen LogP contribution in [0.25, 0.3) is 5.76 Å². The number of aliphatic hydroxyl groups is 1. The summed E-state index contributed by atoms with van der Waals surface area (Å²) in [5, 5.41) is 11.1. The molecule has 1 unspecified atom stereocenters. The number of amides is 1. The maximum absolute atomic E-state index is 13.1. The summed E-state index contributed by atoms with van der Waals surface area (Å²) >= 11 is 0.